The number of nitrogens with two attached hydrogens (primary N) is 1. The summed E-state index contributed by atoms with van der Waals surface area (Å²) in [5.74, 6) is 0. The summed E-state index contributed by atoms with van der Waals surface area (Å²) in [6.07, 6.45) is 1.62. The van der Waals surface area contributed by atoms with Crippen LogP contribution in [0.15, 0.2) is 29.2 Å². The lowest BCUT2D eigenvalue weighted by molar-refractivity contribution is -0.0153. The molecule has 0 spiro atoms. The van der Waals surface area contributed by atoms with Gasteiger partial charge in [-0.05, 0) is 30.5 Å². The number of primary sulfonamides is 1. The molecule has 1 aliphatic rings. The average Bonchev–Trinajstić information content (AvgIpc) is 2.54. The number of nitrogens with one attached hydrogen (secondary N) is 1. The molecule has 1 saturated heterocycles. The van der Waals surface area contributed by atoms with E-state index in [1.54, 1.807) is 17.0 Å². The maximum Gasteiger partial charge on any atom is 0.317 e. The van der Waals surface area contributed by atoms with Crippen molar-refractivity contribution in [1.29, 1.82) is 0 Å². The Bertz CT molecular complexity index is 631. The molecule has 1 aromatic rings. The van der Waals surface area contributed by atoms with E-state index in [4.69, 9.17) is 9.88 Å². The minimum absolute atomic E-state index is 0.0872. The lowest BCUT2D eigenvalue weighted by atomic mass is 10.1. The summed E-state index contributed by atoms with van der Waals surface area (Å²) in [5.41, 5.74) is 0.936. The zero-order chi connectivity index (χ0) is 16.9. The molecule has 1 aromatic carbocycles. The van der Waals surface area contributed by atoms with Crippen molar-refractivity contribution in [2.75, 3.05) is 26.2 Å². The number of nitrogens with zero attached hydrogens (tertiary/aromatic N) is 1. The third-order valence-electron chi connectivity index (χ3n) is 3.82. The molecule has 0 aliphatic carbocycles. The van der Waals surface area contributed by atoms with Gasteiger partial charge in [0.15, 0.2) is 0 Å². The lowest BCUT2D eigenvalue weighted by Gasteiger charge is -2.32. The van der Waals surface area contributed by atoms with Crippen LogP contribution in [-0.4, -0.2) is 51.7 Å². The first-order valence-electron chi connectivity index (χ1n) is 7.66. The molecule has 1 atom stereocenters. The highest BCUT2D eigenvalue weighted by Gasteiger charge is 2.22. The van der Waals surface area contributed by atoms with Gasteiger partial charge in [0.1, 0.15) is 0 Å². The summed E-state index contributed by atoms with van der Waals surface area (Å²) in [5, 5.41) is 7.93. The van der Waals surface area contributed by atoms with Crippen LogP contribution < -0.4 is 10.5 Å². The Morgan fingerprint density at radius 3 is 2.70 bits per heavy atom. The monoisotopic (exact) mass is 341 g/mol. The van der Waals surface area contributed by atoms with E-state index in [1.165, 1.54) is 12.1 Å². The van der Waals surface area contributed by atoms with Crippen molar-refractivity contribution in [3.05, 3.63) is 29.8 Å². The molecule has 0 radical (unpaired) electrons. The van der Waals surface area contributed by atoms with Crippen LogP contribution in [0, 0.1) is 0 Å². The van der Waals surface area contributed by atoms with Gasteiger partial charge in [-0.3, -0.25) is 0 Å². The van der Waals surface area contributed by atoms with Gasteiger partial charge < -0.3 is 15.0 Å². The molecule has 3 N–H and O–H groups in total. The van der Waals surface area contributed by atoms with Gasteiger partial charge in [-0.15, -0.1) is 0 Å². The highest BCUT2D eigenvalue weighted by atomic mass is 32.2. The van der Waals surface area contributed by atoms with Gasteiger partial charge in [-0.1, -0.05) is 19.1 Å². The Labute approximate surface area is 136 Å². The quantitative estimate of drug-likeness (QED) is 0.823. The summed E-state index contributed by atoms with van der Waals surface area (Å²) in [4.78, 5) is 14.0. The Morgan fingerprint density at radius 1 is 1.39 bits per heavy atom. The zero-order valence-corrected chi connectivity index (χ0v) is 14.0. The second-order valence-corrected chi connectivity index (χ2v) is 7.08. The van der Waals surface area contributed by atoms with Gasteiger partial charge >= 0.3 is 6.03 Å². The normalized spacial score (nSPS) is 18.7. The molecule has 0 bridgehead atoms. The maximum atomic E-state index is 12.1. The van der Waals surface area contributed by atoms with Crippen LogP contribution in [0.4, 0.5) is 4.79 Å². The number of benzene rings is 1. The van der Waals surface area contributed by atoms with Crippen molar-refractivity contribution in [2.45, 2.75) is 30.8 Å². The third-order valence-corrected chi connectivity index (χ3v) is 4.75. The first-order valence-corrected chi connectivity index (χ1v) is 9.21. The van der Waals surface area contributed by atoms with Gasteiger partial charge in [0.2, 0.25) is 10.0 Å². The zero-order valence-electron chi connectivity index (χ0n) is 13.2. The molecule has 23 heavy (non-hydrogen) atoms. The van der Waals surface area contributed by atoms with Crippen LogP contribution in [0.25, 0.3) is 0 Å². The molecule has 0 aromatic heterocycles. The van der Waals surface area contributed by atoms with E-state index in [-0.39, 0.29) is 17.0 Å². The van der Waals surface area contributed by atoms with Crippen LogP contribution in [0.5, 0.6) is 0 Å². The Hall–Kier alpha value is -1.64. The minimum Gasteiger partial charge on any atom is -0.375 e. The summed E-state index contributed by atoms with van der Waals surface area (Å²) in [6.45, 7) is 4.32. The van der Waals surface area contributed by atoms with Crippen LogP contribution in [0.1, 0.15) is 18.9 Å². The first kappa shape index (κ1) is 17.7. The number of ether oxygens (including phenoxy) is 1. The van der Waals surface area contributed by atoms with Crippen LogP contribution in [0.3, 0.4) is 0 Å². The second kappa shape index (κ2) is 7.76. The summed E-state index contributed by atoms with van der Waals surface area (Å²) in [7, 11) is -3.66. The minimum atomic E-state index is -3.66. The standard InChI is InChI=1S/C15H23N3O4S/c1-2-13-11-18(9-10-22-13)15(19)17-8-7-12-3-5-14(6-4-12)23(16,20)21/h3-6,13H,2,7-11H2,1H3,(H,17,19)(H2,16,20,21)/t13-/m1/s1. The molecule has 2 amide bonds. The number of hydrogen-bond donors (Lipinski definition) is 2. The van der Waals surface area contributed by atoms with E-state index in [0.717, 1.165) is 12.0 Å². The molecule has 8 heteroatoms. The SMILES string of the molecule is CC[C@@H]1CN(C(=O)NCCc2ccc(S(N)(=O)=O)cc2)CCO1. The van der Waals surface area contributed by atoms with Crippen molar-refractivity contribution < 1.29 is 17.9 Å². The largest absolute Gasteiger partial charge is 0.375 e. The van der Waals surface area contributed by atoms with E-state index in [9.17, 15) is 13.2 Å². The first-order chi connectivity index (χ1) is 10.9. The maximum absolute atomic E-state index is 12.1. The fourth-order valence-corrected chi connectivity index (χ4v) is 2.94. The van der Waals surface area contributed by atoms with Gasteiger partial charge in [-0.2, -0.15) is 0 Å². The summed E-state index contributed by atoms with van der Waals surface area (Å²) < 4.78 is 27.9. The molecule has 128 valence electrons. The summed E-state index contributed by atoms with van der Waals surface area (Å²) in [6, 6.07) is 6.26. The smallest absolute Gasteiger partial charge is 0.317 e. The van der Waals surface area contributed by atoms with Crippen molar-refractivity contribution in [3.8, 4) is 0 Å². The van der Waals surface area contributed by atoms with E-state index in [1.807, 2.05) is 6.92 Å². The highest BCUT2D eigenvalue weighted by Crippen LogP contribution is 2.10. The lowest BCUT2D eigenvalue weighted by Crippen LogP contribution is -2.49. The predicted octanol–water partition coefficient (Wildman–Crippen LogP) is 0.697. The molecule has 2 rings (SSSR count). The molecule has 1 fully saturated rings. The third kappa shape index (κ3) is 5.19. The Kier molecular flexibility index (Phi) is 5.97. The number of sulfonamides is 1. The van der Waals surface area contributed by atoms with Gasteiger partial charge in [0, 0.05) is 19.6 Å². The van der Waals surface area contributed by atoms with E-state index in [0.29, 0.717) is 32.7 Å². The number of carbonyl (C=O) groups excluding carboxylic acids is 1. The molecule has 7 nitrogen and oxygen atoms in total. The van der Waals surface area contributed by atoms with E-state index >= 15 is 0 Å². The van der Waals surface area contributed by atoms with Gasteiger partial charge in [-0.25, -0.2) is 18.4 Å². The number of morpholine rings is 1. The van der Waals surface area contributed by atoms with E-state index in [2.05, 4.69) is 5.32 Å². The average molecular weight is 341 g/mol. The number of urea groups is 1. The number of hydrogen-bond acceptors (Lipinski definition) is 4. The van der Waals surface area contributed by atoms with Crippen molar-refractivity contribution in [3.63, 3.8) is 0 Å². The summed E-state index contributed by atoms with van der Waals surface area (Å²) >= 11 is 0. The van der Waals surface area contributed by atoms with E-state index < -0.39 is 10.0 Å². The van der Waals surface area contributed by atoms with Crippen LogP contribution in [0.2, 0.25) is 0 Å². The van der Waals surface area contributed by atoms with Crippen molar-refractivity contribution in [2.24, 2.45) is 5.14 Å². The molecule has 0 saturated carbocycles. The Balaban J connectivity index is 1.79. The topological polar surface area (TPSA) is 102 Å². The fourth-order valence-electron chi connectivity index (χ4n) is 2.42. The molecule has 0 unspecified atom stereocenters. The molecule has 1 aliphatic heterocycles. The molecule has 1 heterocycles. The van der Waals surface area contributed by atoms with Crippen LogP contribution >= 0.6 is 0 Å². The van der Waals surface area contributed by atoms with Gasteiger partial charge in [0.05, 0.1) is 17.6 Å². The van der Waals surface area contributed by atoms with Crippen LogP contribution in [-0.2, 0) is 21.2 Å². The fraction of sp³-hybridized carbons (Fsp3) is 0.533. The predicted molar refractivity (Wildman–Crippen MR) is 86.5 cm³/mol. The Morgan fingerprint density at radius 2 is 2.09 bits per heavy atom. The molecular formula is C15H23N3O4S. The van der Waals surface area contributed by atoms with Crippen molar-refractivity contribution in [1.82, 2.24) is 10.2 Å². The highest BCUT2D eigenvalue weighted by molar-refractivity contribution is 7.89. The number of carbonyl (C=O) groups is 1. The van der Waals surface area contributed by atoms with Crippen molar-refractivity contribution >= 4 is 16.1 Å². The molecular weight excluding hydrogens is 318 g/mol. The van der Waals surface area contributed by atoms with Gasteiger partial charge in [0.25, 0.3) is 0 Å². The number of rotatable bonds is 5. The number of amides is 2. The second-order valence-electron chi connectivity index (χ2n) is 5.52.